The van der Waals surface area contributed by atoms with Crippen LogP contribution < -0.4 is 0 Å². The lowest BCUT2D eigenvalue weighted by atomic mass is 10.0. The molecule has 0 saturated carbocycles. The molecule has 2 nitrogen and oxygen atoms in total. The fourth-order valence-electron chi connectivity index (χ4n) is 2.16. The lowest BCUT2D eigenvalue weighted by Crippen LogP contribution is -2.33. The molecule has 1 aliphatic heterocycles. The molecule has 0 bridgehead atoms. The molecule has 0 unspecified atom stereocenters. The minimum Gasteiger partial charge on any atom is -0.342 e. The summed E-state index contributed by atoms with van der Waals surface area (Å²) in [4.78, 5) is 13.7. The van der Waals surface area contributed by atoms with E-state index in [1.165, 1.54) is 11.1 Å². The number of hydrogen-bond acceptors (Lipinski definition) is 1. The van der Waals surface area contributed by atoms with E-state index >= 15 is 0 Å². The molecular weight excluding hydrogens is 222 g/mol. The molecule has 0 saturated heterocycles. The number of nitrogens with zero attached hydrogens (tertiary/aromatic N) is 1. The molecule has 1 amide bonds. The summed E-state index contributed by atoms with van der Waals surface area (Å²) in [6.07, 6.45) is 2.38. The van der Waals surface area contributed by atoms with Crippen molar-refractivity contribution in [3.05, 3.63) is 35.4 Å². The van der Waals surface area contributed by atoms with E-state index in [2.05, 4.69) is 24.3 Å². The topological polar surface area (TPSA) is 20.3 Å². The molecular formula is C13H16ClNO. The molecule has 0 aliphatic carbocycles. The number of halogens is 1. The van der Waals surface area contributed by atoms with Gasteiger partial charge in [0.15, 0.2) is 0 Å². The average Bonchev–Trinajstić information content (AvgIpc) is 2.51. The molecule has 0 atom stereocenters. The van der Waals surface area contributed by atoms with Crippen LogP contribution in [0.5, 0.6) is 0 Å². The number of fused-ring (bicyclic) bond motifs is 1. The largest absolute Gasteiger partial charge is 0.342 e. The Bertz CT molecular complexity index is 351. The van der Waals surface area contributed by atoms with Crippen molar-refractivity contribution in [3.63, 3.8) is 0 Å². The molecule has 1 heterocycles. The number of rotatable bonds is 2. The van der Waals surface area contributed by atoms with Gasteiger partial charge in [-0.1, -0.05) is 24.3 Å². The number of carbonyl (C=O) groups excluding carboxylic acids is 1. The SMILES string of the molecule is O=C(CCCl)N1CCc2ccccc2CC1. The van der Waals surface area contributed by atoms with Gasteiger partial charge in [0, 0.05) is 25.4 Å². The fourth-order valence-corrected chi connectivity index (χ4v) is 2.32. The van der Waals surface area contributed by atoms with Gasteiger partial charge in [-0.05, 0) is 24.0 Å². The minimum atomic E-state index is 0.183. The van der Waals surface area contributed by atoms with Crippen LogP contribution in [0, 0.1) is 0 Å². The van der Waals surface area contributed by atoms with Gasteiger partial charge in [-0.3, -0.25) is 4.79 Å². The highest BCUT2D eigenvalue weighted by atomic mass is 35.5. The van der Waals surface area contributed by atoms with Gasteiger partial charge in [-0.25, -0.2) is 0 Å². The van der Waals surface area contributed by atoms with E-state index in [1.54, 1.807) is 0 Å². The Kier molecular flexibility index (Phi) is 3.83. The summed E-state index contributed by atoms with van der Waals surface area (Å²) in [6.45, 7) is 1.65. The second kappa shape index (κ2) is 5.35. The van der Waals surface area contributed by atoms with Crippen molar-refractivity contribution in [3.8, 4) is 0 Å². The molecule has 0 N–H and O–H groups in total. The Balaban J connectivity index is 2.04. The van der Waals surface area contributed by atoms with Crippen molar-refractivity contribution in [2.75, 3.05) is 19.0 Å². The first-order valence-electron chi connectivity index (χ1n) is 5.72. The van der Waals surface area contributed by atoms with Gasteiger partial charge in [0.05, 0.1) is 0 Å². The van der Waals surface area contributed by atoms with Gasteiger partial charge in [-0.15, -0.1) is 11.6 Å². The van der Waals surface area contributed by atoms with Crippen molar-refractivity contribution in [2.45, 2.75) is 19.3 Å². The molecule has 1 aliphatic rings. The molecule has 2 rings (SSSR count). The van der Waals surface area contributed by atoms with Crippen LogP contribution in [0.2, 0.25) is 0 Å². The second-order valence-electron chi connectivity index (χ2n) is 4.09. The highest BCUT2D eigenvalue weighted by Gasteiger charge is 2.17. The Morgan fingerprint density at radius 1 is 1.19 bits per heavy atom. The summed E-state index contributed by atoms with van der Waals surface area (Å²) in [5.41, 5.74) is 2.76. The van der Waals surface area contributed by atoms with E-state index in [-0.39, 0.29) is 5.91 Å². The van der Waals surface area contributed by atoms with Gasteiger partial charge >= 0.3 is 0 Å². The zero-order chi connectivity index (χ0) is 11.4. The standard InChI is InChI=1S/C13H16ClNO/c14-8-5-13(16)15-9-6-11-3-1-2-4-12(11)7-10-15/h1-4H,5-10H2. The van der Waals surface area contributed by atoms with E-state index < -0.39 is 0 Å². The van der Waals surface area contributed by atoms with Crippen LogP contribution in [0.4, 0.5) is 0 Å². The van der Waals surface area contributed by atoms with Crippen molar-refractivity contribution < 1.29 is 4.79 Å². The van der Waals surface area contributed by atoms with E-state index in [4.69, 9.17) is 11.6 Å². The molecule has 0 aromatic heterocycles. The van der Waals surface area contributed by atoms with Crippen molar-refractivity contribution >= 4 is 17.5 Å². The van der Waals surface area contributed by atoms with E-state index in [0.29, 0.717) is 12.3 Å². The van der Waals surface area contributed by atoms with Crippen LogP contribution in [0.3, 0.4) is 0 Å². The van der Waals surface area contributed by atoms with Crippen LogP contribution in [0.25, 0.3) is 0 Å². The van der Waals surface area contributed by atoms with Gasteiger partial charge in [0.2, 0.25) is 5.91 Å². The Hall–Kier alpha value is -1.02. The fraction of sp³-hybridized carbons (Fsp3) is 0.462. The van der Waals surface area contributed by atoms with Crippen molar-refractivity contribution in [1.82, 2.24) is 4.90 Å². The molecule has 1 aromatic rings. The monoisotopic (exact) mass is 237 g/mol. The normalized spacial score (nSPS) is 15.4. The molecule has 0 spiro atoms. The maximum atomic E-state index is 11.7. The van der Waals surface area contributed by atoms with E-state index in [0.717, 1.165) is 25.9 Å². The molecule has 0 radical (unpaired) electrons. The predicted octanol–water partition coefficient (Wildman–Crippen LogP) is 2.24. The lowest BCUT2D eigenvalue weighted by molar-refractivity contribution is -0.130. The minimum absolute atomic E-state index is 0.183. The summed E-state index contributed by atoms with van der Waals surface area (Å²) in [6, 6.07) is 8.44. The van der Waals surface area contributed by atoms with Gasteiger partial charge < -0.3 is 4.90 Å². The van der Waals surface area contributed by atoms with E-state index in [9.17, 15) is 4.79 Å². The Labute approximate surface area is 101 Å². The number of benzene rings is 1. The third-order valence-corrected chi connectivity index (χ3v) is 3.27. The maximum Gasteiger partial charge on any atom is 0.223 e. The van der Waals surface area contributed by atoms with Gasteiger partial charge in [-0.2, -0.15) is 0 Å². The quantitative estimate of drug-likeness (QED) is 0.723. The average molecular weight is 238 g/mol. The number of amides is 1. The zero-order valence-corrected chi connectivity index (χ0v) is 10.0. The smallest absolute Gasteiger partial charge is 0.223 e. The Morgan fingerprint density at radius 3 is 2.25 bits per heavy atom. The zero-order valence-electron chi connectivity index (χ0n) is 9.29. The third-order valence-electron chi connectivity index (χ3n) is 3.08. The lowest BCUT2D eigenvalue weighted by Gasteiger charge is -2.19. The first kappa shape index (κ1) is 11.5. The molecule has 86 valence electrons. The molecule has 3 heteroatoms. The number of hydrogen-bond donors (Lipinski definition) is 0. The van der Waals surface area contributed by atoms with Crippen molar-refractivity contribution in [1.29, 1.82) is 0 Å². The number of alkyl halides is 1. The maximum absolute atomic E-state index is 11.7. The molecule has 16 heavy (non-hydrogen) atoms. The van der Waals surface area contributed by atoms with Crippen LogP contribution >= 0.6 is 11.6 Å². The summed E-state index contributed by atoms with van der Waals surface area (Å²) < 4.78 is 0. The van der Waals surface area contributed by atoms with Gasteiger partial charge in [0.1, 0.15) is 0 Å². The van der Waals surface area contributed by atoms with Crippen LogP contribution in [0.15, 0.2) is 24.3 Å². The van der Waals surface area contributed by atoms with Crippen LogP contribution in [0.1, 0.15) is 17.5 Å². The summed E-state index contributed by atoms with van der Waals surface area (Å²) in [7, 11) is 0. The van der Waals surface area contributed by atoms with Crippen molar-refractivity contribution in [2.24, 2.45) is 0 Å². The first-order chi connectivity index (χ1) is 7.81. The Morgan fingerprint density at radius 2 is 1.75 bits per heavy atom. The predicted molar refractivity (Wildman–Crippen MR) is 65.8 cm³/mol. The number of carbonyl (C=O) groups is 1. The third kappa shape index (κ3) is 2.56. The summed E-state index contributed by atoms with van der Waals surface area (Å²) in [5.74, 6) is 0.602. The summed E-state index contributed by atoms with van der Waals surface area (Å²) in [5, 5.41) is 0. The molecule has 0 fully saturated rings. The van der Waals surface area contributed by atoms with Gasteiger partial charge in [0.25, 0.3) is 0 Å². The highest BCUT2D eigenvalue weighted by Crippen LogP contribution is 2.15. The first-order valence-corrected chi connectivity index (χ1v) is 6.25. The second-order valence-corrected chi connectivity index (χ2v) is 4.47. The molecule has 1 aromatic carbocycles. The highest BCUT2D eigenvalue weighted by molar-refractivity contribution is 6.18. The summed E-state index contributed by atoms with van der Waals surface area (Å²) >= 11 is 5.60. The van der Waals surface area contributed by atoms with Crippen LogP contribution in [-0.2, 0) is 17.6 Å². The van der Waals surface area contributed by atoms with E-state index in [1.807, 2.05) is 4.90 Å². The van der Waals surface area contributed by atoms with Crippen LogP contribution in [-0.4, -0.2) is 29.8 Å².